The number of rotatable bonds is 2. The van der Waals surface area contributed by atoms with Crippen molar-refractivity contribution < 1.29 is 8.42 Å². The highest BCUT2D eigenvalue weighted by atomic mass is 32.2. The predicted octanol–water partition coefficient (Wildman–Crippen LogP) is 2.89. The van der Waals surface area contributed by atoms with Gasteiger partial charge in [0.15, 0.2) is 0 Å². The summed E-state index contributed by atoms with van der Waals surface area (Å²) in [4.78, 5) is 3.65. The van der Waals surface area contributed by atoms with Crippen molar-refractivity contribution >= 4 is 26.4 Å². The van der Waals surface area contributed by atoms with E-state index in [0.717, 1.165) is 0 Å². The fraction of sp³-hybridized carbons (Fsp3) is 0.0667. The Balaban J connectivity index is 2.36. The molecule has 3 aromatic rings. The van der Waals surface area contributed by atoms with Gasteiger partial charge in [0.2, 0.25) is 9.84 Å². The van der Waals surface area contributed by atoms with E-state index < -0.39 is 9.84 Å². The Morgan fingerprint density at radius 1 is 1.00 bits per heavy atom. The third-order valence-corrected chi connectivity index (χ3v) is 5.27. The molecule has 5 heteroatoms. The molecule has 0 atom stereocenters. The summed E-state index contributed by atoms with van der Waals surface area (Å²) in [5, 5.41) is 0.631. The number of aromatic amines is 1. The molecule has 2 aromatic carbocycles. The maximum atomic E-state index is 12.8. The van der Waals surface area contributed by atoms with Gasteiger partial charge in [-0.3, -0.25) is 0 Å². The Morgan fingerprint density at radius 3 is 2.40 bits per heavy atom. The van der Waals surface area contributed by atoms with Crippen LogP contribution in [-0.4, -0.2) is 13.4 Å². The molecule has 0 saturated heterocycles. The number of hydrogen-bond donors (Lipinski definition) is 2. The van der Waals surface area contributed by atoms with Gasteiger partial charge in [-0.25, -0.2) is 8.42 Å². The molecule has 0 aliphatic heterocycles. The van der Waals surface area contributed by atoms with Gasteiger partial charge in [0.05, 0.1) is 21.0 Å². The van der Waals surface area contributed by atoms with Gasteiger partial charge in [-0.05, 0) is 25.1 Å². The number of para-hydroxylation sites is 1. The van der Waals surface area contributed by atoms with Gasteiger partial charge in [0.25, 0.3) is 0 Å². The smallest absolute Gasteiger partial charge is 0.208 e. The highest BCUT2D eigenvalue weighted by Crippen LogP contribution is 2.33. The molecule has 0 radical (unpaired) electrons. The maximum Gasteiger partial charge on any atom is 0.208 e. The molecule has 0 spiro atoms. The van der Waals surface area contributed by atoms with Crippen molar-refractivity contribution in [3.63, 3.8) is 0 Å². The van der Waals surface area contributed by atoms with E-state index in [1.54, 1.807) is 55.5 Å². The Hall–Kier alpha value is -2.27. The summed E-state index contributed by atoms with van der Waals surface area (Å²) in [5.74, 6) is 0. The number of nitrogen functional groups attached to an aromatic ring is 1. The molecule has 0 amide bonds. The van der Waals surface area contributed by atoms with Gasteiger partial charge in [-0.1, -0.05) is 30.3 Å². The fourth-order valence-electron chi connectivity index (χ4n) is 2.41. The Bertz CT molecular complexity index is 881. The van der Waals surface area contributed by atoms with E-state index in [4.69, 9.17) is 5.73 Å². The van der Waals surface area contributed by atoms with Crippen LogP contribution < -0.4 is 5.73 Å². The summed E-state index contributed by atoms with van der Waals surface area (Å²) >= 11 is 0. The lowest BCUT2D eigenvalue weighted by Gasteiger charge is -2.04. The summed E-state index contributed by atoms with van der Waals surface area (Å²) in [7, 11) is -3.56. The number of aromatic nitrogens is 1. The van der Waals surface area contributed by atoms with Crippen molar-refractivity contribution in [2.24, 2.45) is 0 Å². The highest BCUT2D eigenvalue weighted by Gasteiger charge is 2.24. The second kappa shape index (κ2) is 4.38. The molecule has 0 aliphatic rings. The second-order valence-electron chi connectivity index (χ2n) is 4.67. The number of aryl methyl sites for hydroxylation is 1. The van der Waals surface area contributed by atoms with Crippen LogP contribution in [0.3, 0.4) is 0 Å². The molecule has 4 nitrogen and oxygen atoms in total. The molecular weight excluding hydrogens is 272 g/mol. The maximum absolute atomic E-state index is 12.8. The predicted molar refractivity (Wildman–Crippen MR) is 79.3 cm³/mol. The van der Waals surface area contributed by atoms with Crippen molar-refractivity contribution in [1.29, 1.82) is 0 Å². The van der Waals surface area contributed by atoms with Gasteiger partial charge in [0.1, 0.15) is 0 Å². The molecular formula is C15H14N2O2S. The Morgan fingerprint density at radius 2 is 1.70 bits per heavy atom. The second-order valence-corrected chi connectivity index (χ2v) is 6.55. The monoisotopic (exact) mass is 286 g/mol. The largest absolute Gasteiger partial charge is 0.397 e. The SMILES string of the molecule is Cc1[nH]c2c(N)cccc2c1S(=O)(=O)c1ccccc1. The van der Waals surface area contributed by atoms with Crippen molar-refractivity contribution in [2.45, 2.75) is 16.7 Å². The molecule has 0 fully saturated rings. The molecule has 0 bridgehead atoms. The third kappa shape index (κ3) is 1.78. The average molecular weight is 286 g/mol. The average Bonchev–Trinajstić information content (AvgIpc) is 2.78. The number of H-pyrrole nitrogens is 1. The standard InChI is InChI=1S/C15H14N2O2S/c1-10-15(12-8-5-9-13(16)14(12)17-10)20(18,19)11-6-3-2-4-7-11/h2-9,17H,16H2,1H3. The summed E-state index contributed by atoms with van der Waals surface area (Å²) in [5.41, 5.74) is 7.70. The minimum atomic E-state index is -3.56. The number of anilines is 1. The van der Waals surface area contributed by atoms with E-state index in [-0.39, 0.29) is 4.90 Å². The van der Waals surface area contributed by atoms with Gasteiger partial charge < -0.3 is 10.7 Å². The first-order valence-electron chi connectivity index (χ1n) is 6.18. The molecule has 3 rings (SSSR count). The lowest BCUT2D eigenvalue weighted by atomic mass is 10.2. The highest BCUT2D eigenvalue weighted by molar-refractivity contribution is 7.91. The van der Waals surface area contributed by atoms with Crippen LogP contribution in [0.15, 0.2) is 58.3 Å². The quantitative estimate of drug-likeness (QED) is 0.711. The van der Waals surface area contributed by atoms with Crippen LogP contribution in [0, 0.1) is 6.92 Å². The van der Waals surface area contributed by atoms with Crippen LogP contribution in [0.5, 0.6) is 0 Å². The van der Waals surface area contributed by atoms with E-state index in [1.807, 2.05) is 0 Å². The number of benzene rings is 2. The van der Waals surface area contributed by atoms with E-state index >= 15 is 0 Å². The lowest BCUT2D eigenvalue weighted by molar-refractivity contribution is 0.596. The van der Waals surface area contributed by atoms with Gasteiger partial charge >= 0.3 is 0 Å². The van der Waals surface area contributed by atoms with Crippen LogP contribution in [-0.2, 0) is 9.84 Å². The van der Waals surface area contributed by atoms with E-state index in [1.165, 1.54) is 0 Å². The van der Waals surface area contributed by atoms with Crippen LogP contribution in [0.25, 0.3) is 10.9 Å². The number of sulfone groups is 1. The summed E-state index contributed by atoms with van der Waals surface area (Å²) < 4.78 is 25.6. The topological polar surface area (TPSA) is 76.0 Å². The zero-order chi connectivity index (χ0) is 14.3. The lowest BCUT2D eigenvalue weighted by Crippen LogP contribution is -2.02. The van der Waals surface area contributed by atoms with Crippen LogP contribution in [0.2, 0.25) is 0 Å². The zero-order valence-electron chi connectivity index (χ0n) is 10.9. The molecule has 1 aromatic heterocycles. The van der Waals surface area contributed by atoms with Crippen molar-refractivity contribution in [1.82, 2.24) is 4.98 Å². The molecule has 3 N–H and O–H groups in total. The minimum Gasteiger partial charge on any atom is -0.397 e. The summed E-state index contributed by atoms with van der Waals surface area (Å²) in [6.45, 7) is 1.75. The minimum absolute atomic E-state index is 0.284. The fourth-order valence-corrected chi connectivity index (χ4v) is 4.07. The Labute approximate surface area is 117 Å². The first-order chi connectivity index (χ1) is 9.51. The van der Waals surface area contributed by atoms with Crippen molar-refractivity contribution in [2.75, 3.05) is 5.73 Å². The number of nitrogens with one attached hydrogen (secondary N) is 1. The van der Waals surface area contributed by atoms with Crippen LogP contribution >= 0.6 is 0 Å². The van der Waals surface area contributed by atoms with Crippen LogP contribution in [0.4, 0.5) is 5.69 Å². The molecule has 0 saturated carbocycles. The van der Waals surface area contributed by atoms with E-state index in [9.17, 15) is 8.42 Å². The number of fused-ring (bicyclic) bond motifs is 1. The Kier molecular flexibility index (Phi) is 2.79. The third-order valence-electron chi connectivity index (χ3n) is 3.32. The van der Waals surface area contributed by atoms with Gasteiger partial charge in [-0.15, -0.1) is 0 Å². The van der Waals surface area contributed by atoms with Crippen LogP contribution in [0.1, 0.15) is 5.69 Å². The first kappa shape index (κ1) is 12.7. The summed E-state index contributed by atoms with van der Waals surface area (Å²) in [6, 6.07) is 13.7. The van der Waals surface area contributed by atoms with E-state index in [0.29, 0.717) is 27.2 Å². The molecule has 1 heterocycles. The molecule has 0 aliphatic carbocycles. The van der Waals surface area contributed by atoms with Crippen molar-refractivity contribution in [3.05, 3.63) is 54.2 Å². The number of nitrogens with two attached hydrogens (primary N) is 1. The molecule has 102 valence electrons. The van der Waals surface area contributed by atoms with Crippen molar-refractivity contribution in [3.8, 4) is 0 Å². The van der Waals surface area contributed by atoms with Gasteiger partial charge in [-0.2, -0.15) is 0 Å². The first-order valence-corrected chi connectivity index (χ1v) is 7.67. The molecule has 20 heavy (non-hydrogen) atoms. The van der Waals surface area contributed by atoms with Gasteiger partial charge in [0, 0.05) is 11.1 Å². The molecule has 0 unspecified atom stereocenters. The normalized spacial score (nSPS) is 11.8. The number of hydrogen-bond acceptors (Lipinski definition) is 3. The summed E-state index contributed by atoms with van der Waals surface area (Å²) in [6.07, 6.45) is 0. The van der Waals surface area contributed by atoms with E-state index in [2.05, 4.69) is 4.98 Å². The zero-order valence-corrected chi connectivity index (χ0v) is 11.7.